The molecule has 2 rings (SSSR count). The number of anilines is 1. The normalized spacial score (nSPS) is 10.7. The Kier molecular flexibility index (Phi) is 4.49. The van der Waals surface area contributed by atoms with Gasteiger partial charge in [0, 0.05) is 10.6 Å². The van der Waals surface area contributed by atoms with Crippen LogP contribution in [0.5, 0.6) is 0 Å². The minimum atomic E-state index is -1.04. The highest BCUT2D eigenvalue weighted by Crippen LogP contribution is 2.15. The summed E-state index contributed by atoms with van der Waals surface area (Å²) in [5.74, 6) is -1.57. The van der Waals surface area contributed by atoms with Gasteiger partial charge in [0.05, 0.1) is 5.56 Å². The highest BCUT2D eigenvalue weighted by Gasteiger charge is 2.10. The van der Waals surface area contributed by atoms with Crippen LogP contribution in [0, 0.1) is 11.3 Å². The maximum atomic E-state index is 12.0. The van der Waals surface area contributed by atoms with Crippen LogP contribution in [0.25, 0.3) is 6.08 Å². The second-order valence-corrected chi connectivity index (χ2v) is 5.00. The number of carboxylic acid groups (broad SMARTS) is 1. The Hall–Kier alpha value is -2.91. The summed E-state index contributed by atoms with van der Waals surface area (Å²) in [4.78, 5) is 23.5. The zero-order valence-corrected chi connectivity index (χ0v) is 11.6. The Morgan fingerprint density at radius 1 is 1.24 bits per heavy atom. The van der Waals surface area contributed by atoms with Crippen molar-refractivity contribution < 1.29 is 14.7 Å². The van der Waals surface area contributed by atoms with Crippen molar-refractivity contribution in [2.24, 2.45) is 0 Å². The second-order valence-electron chi connectivity index (χ2n) is 4.02. The molecule has 0 fully saturated rings. The van der Waals surface area contributed by atoms with Gasteiger partial charge in [-0.2, -0.15) is 5.26 Å². The summed E-state index contributed by atoms with van der Waals surface area (Å²) in [5.41, 5.74) is 0.541. The highest BCUT2D eigenvalue weighted by atomic mass is 32.1. The first-order chi connectivity index (χ1) is 10.1. The number of benzene rings is 1. The van der Waals surface area contributed by atoms with E-state index in [2.05, 4.69) is 5.32 Å². The lowest BCUT2D eigenvalue weighted by Gasteiger charge is -2.04. The number of hydrogen-bond acceptors (Lipinski definition) is 4. The van der Waals surface area contributed by atoms with Gasteiger partial charge in [0.1, 0.15) is 11.6 Å². The van der Waals surface area contributed by atoms with Crippen LogP contribution in [-0.2, 0) is 4.79 Å². The number of thiophene rings is 1. The summed E-state index contributed by atoms with van der Waals surface area (Å²) in [6.45, 7) is 0. The molecule has 104 valence electrons. The molecule has 5 nitrogen and oxygen atoms in total. The molecule has 0 bridgehead atoms. The summed E-state index contributed by atoms with van der Waals surface area (Å²) in [5, 5.41) is 22.2. The topological polar surface area (TPSA) is 90.2 Å². The van der Waals surface area contributed by atoms with E-state index in [9.17, 15) is 9.59 Å². The quantitative estimate of drug-likeness (QED) is 0.670. The maximum absolute atomic E-state index is 12.0. The van der Waals surface area contributed by atoms with Gasteiger partial charge in [0.15, 0.2) is 0 Å². The van der Waals surface area contributed by atoms with Crippen LogP contribution in [-0.4, -0.2) is 17.0 Å². The molecular formula is C15H10N2O3S. The van der Waals surface area contributed by atoms with Gasteiger partial charge in [-0.05, 0) is 41.8 Å². The Balaban J connectivity index is 2.13. The van der Waals surface area contributed by atoms with Crippen LogP contribution < -0.4 is 5.32 Å². The van der Waals surface area contributed by atoms with E-state index in [0.29, 0.717) is 5.69 Å². The average molecular weight is 298 g/mol. The standard InChI is InChI=1S/C15H10N2O3S/c16-9-11(8-13-2-1-7-21-13)14(18)17-12-5-3-10(4-6-12)15(19)20/h1-8H,(H,17,18)(H,19,20). The molecule has 0 spiro atoms. The fourth-order valence-corrected chi connectivity index (χ4v) is 2.22. The molecule has 0 saturated carbocycles. The predicted octanol–water partition coefficient (Wildman–Crippen LogP) is 2.99. The molecule has 2 N–H and O–H groups in total. The Morgan fingerprint density at radius 3 is 2.48 bits per heavy atom. The third-order valence-corrected chi connectivity index (χ3v) is 3.40. The molecule has 1 amide bonds. The smallest absolute Gasteiger partial charge is 0.335 e. The summed E-state index contributed by atoms with van der Waals surface area (Å²) in [7, 11) is 0. The van der Waals surface area contributed by atoms with Crippen molar-refractivity contribution in [2.45, 2.75) is 0 Å². The molecule has 0 radical (unpaired) electrons. The van der Waals surface area contributed by atoms with Gasteiger partial charge in [-0.3, -0.25) is 4.79 Å². The van der Waals surface area contributed by atoms with E-state index >= 15 is 0 Å². The van der Waals surface area contributed by atoms with E-state index in [1.807, 2.05) is 17.5 Å². The van der Waals surface area contributed by atoms with Gasteiger partial charge in [-0.15, -0.1) is 11.3 Å². The molecule has 0 aliphatic rings. The Labute approximate surface area is 124 Å². The molecule has 6 heteroatoms. The Morgan fingerprint density at radius 2 is 1.95 bits per heavy atom. The molecular weight excluding hydrogens is 288 g/mol. The van der Waals surface area contributed by atoms with Crippen molar-refractivity contribution in [3.05, 3.63) is 57.8 Å². The van der Waals surface area contributed by atoms with E-state index in [1.54, 1.807) is 6.07 Å². The number of amides is 1. The third kappa shape index (κ3) is 3.78. The fourth-order valence-electron chi connectivity index (χ4n) is 1.56. The van der Waals surface area contributed by atoms with Crippen molar-refractivity contribution in [3.8, 4) is 6.07 Å². The van der Waals surface area contributed by atoms with Gasteiger partial charge in [0.2, 0.25) is 0 Å². The zero-order valence-electron chi connectivity index (χ0n) is 10.7. The third-order valence-electron chi connectivity index (χ3n) is 2.58. The van der Waals surface area contributed by atoms with Gasteiger partial charge < -0.3 is 10.4 Å². The van der Waals surface area contributed by atoms with E-state index in [4.69, 9.17) is 10.4 Å². The lowest BCUT2D eigenvalue weighted by Crippen LogP contribution is -2.13. The second kappa shape index (κ2) is 6.50. The minimum Gasteiger partial charge on any atom is -0.478 e. The lowest BCUT2D eigenvalue weighted by molar-refractivity contribution is -0.112. The Bertz CT molecular complexity index is 725. The summed E-state index contributed by atoms with van der Waals surface area (Å²) in [6.07, 6.45) is 1.51. The number of carbonyl (C=O) groups is 2. The molecule has 0 unspecified atom stereocenters. The first-order valence-electron chi connectivity index (χ1n) is 5.90. The number of nitriles is 1. The molecule has 0 saturated heterocycles. The van der Waals surface area contributed by atoms with E-state index in [1.165, 1.54) is 41.7 Å². The molecule has 1 aromatic heterocycles. The van der Waals surface area contributed by atoms with E-state index < -0.39 is 11.9 Å². The molecule has 0 atom stereocenters. The fraction of sp³-hybridized carbons (Fsp3) is 0. The maximum Gasteiger partial charge on any atom is 0.335 e. The number of carbonyl (C=O) groups excluding carboxylic acids is 1. The number of nitrogens with zero attached hydrogens (tertiary/aromatic N) is 1. The van der Waals surface area contributed by atoms with Crippen molar-refractivity contribution >= 4 is 35.0 Å². The first-order valence-corrected chi connectivity index (χ1v) is 6.78. The van der Waals surface area contributed by atoms with Crippen LogP contribution in [0.15, 0.2) is 47.4 Å². The van der Waals surface area contributed by atoms with Crippen LogP contribution in [0.2, 0.25) is 0 Å². The van der Waals surface area contributed by atoms with Crippen LogP contribution in [0.4, 0.5) is 5.69 Å². The van der Waals surface area contributed by atoms with E-state index in [0.717, 1.165) is 4.88 Å². The molecule has 0 aliphatic heterocycles. The van der Waals surface area contributed by atoms with Crippen molar-refractivity contribution in [3.63, 3.8) is 0 Å². The molecule has 2 aromatic rings. The summed E-state index contributed by atoms with van der Waals surface area (Å²) < 4.78 is 0. The van der Waals surface area contributed by atoms with Crippen LogP contribution >= 0.6 is 11.3 Å². The number of carboxylic acids is 1. The van der Waals surface area contributed by atoms with E-state index in [-0.39, 0.29) is 11.1 Å². The monoisotopic (exact) mass is 298 g/mol. The SMILES string of the molecule is N#CC(=Cc1cccs1)C(=O)Nc1ccc(C(=O)O)cc1. The van der Waals surface area contributed by atoms with Gasteiger partial charge in [-0.25, -0.2) is 4.79 Å². The number of hydrogen-bond donors (Lipinski definition) is 2. The average Bonchev–Trinajstić information content (AvgIpc) is 2.98. The largest absolute Gasteiger partial charge is 0.478 e. The van der Waals surface area contributed by atoms with Crippen LogP contribution in [0.1, 0.15) is 15.2 Å². The van der Waals surface area contributed by atoms with Crippen molar-refractivity contribution in [2.75, 3.05) is 5.32 Å². The van der Waals surface area contributed by atoms with Crippen molar-refractivity contribution in [1.82, 2.24) is 0 Å². The molecule has 1 heterocycles. The van der Waals surface area contributed by atoms with Gasteiger partial charge in [-0.1, -0.05) is 6.07 Å². The number of nitrogens with one attached hydrogen (secondary N) is 1. The highest BCUT2D eigenvalue weighted by molar-refractivity contribution is 7.10. The zero-order chi connectivity index (χ0) is 15.2. The molecule has 1 aromatic carbocycles. The van der Waals surface area contributed by atoms with Crippen LogP contribution in [0.3, 0.4) is 0 Å². The lowest BCUT2D eigenvalue weighted by atomic mass is 10.2. The predicted molar refractivity (Wildman–Crippen MR) is 79.9 cm³/mol. The van der Waals surface area contributed by atoms with Crippen molar-refractivity contribution in [1.29, 1.82) is 5.26 Å². The summed E-state index contributed by atoms with van der Waals surface area (Å²) in [6, 6.07) is 11.2. The number of aromatic carboxylic acids is 1. The van der Waals surface area contributed by atoms with Gasteiger partial charge in [0.25, 0.3) is 5.91 Å². The molecule has 0 aliphatic carbocycles. The summed E-state index contributed by atoms with van der Waals surface area (Å²) >= 11 is 1.42. The molecule has 21 heavy (non-hydrogen) atoms. The van der Waals surface area contributed by atoms with Gasteiger partial charge >= 0.3 is 5.97 Å². The first kappa shape index (κ1) is 14.5. The minimum absolute atomic E-state index is 0.0141. The number of rotatable bonds is 4.